The number of nitrogen functional groups attached to an aromatic ring is 1. The van der Waals surface area contributed by atoms with Crippen molar-refractivity contribution in [3.05, 3.63) is 90.3 Å². The van der Waals surface area contributed by atoms with E-state index in [0.29, 0.717) is 50.4 Å². The maximum absolute atomic E-state index is 14.9. The lowest BCUT2D eigenvalue weighted by Gasteiger charge is -2.39. The van der Waals surface area contributed by atoms with Crippen LogP contribution in [0.1, 0.15) is 36.6 Å². The van der Waals surface area contributed by atoms with Crippen LogP contribution in [0.3, 0.4) is 0 Å². The number of nitrogens with two attached hydrogens (primary N) is 1. The highest BCUT2D eigenvalue weighted by Crippen LogP contribution is 2.43. The lowest BCUT2D eigenvalue weighted by Crippen LogP contribution is -2.41. The number of alkyl halides is 3. The predicted octanol–water partition coefficient (Wildman–Crippen LogP) is 6.09. The van der Waals surface area contributed by atoms with Crippen LogP contribution in [0, 0.1) is 12.3 Å². The van der Waals surface area contributed by atoms with Crippen LogP contribution in [0.15, 0.2) is 79.0 Å². The number of aromatic nitrogens is 4. The molecule has 0 bridgehead atoms. The normalized spacial score (nSPS) is 18.3. The minimum atomic E-state index is -4.82. The summed E-state index contributed by atoms with van der Waals surface area (Å²) in [4.78, 5) is 21.7. The van der Waals surface area contributed by atoms with Gasteiger partial charge in [0, 0.05) is 37.5 Å². The minimum absolute atomic E-state index is 0.143. The minimum Gasteiger partial charge on any atom is -0.480 e. The average molecular weight is 658 g/mol. The summed E-state index contributed by atoms with van der Waals surface area (Å²) in [6.07, 6.45) is -3.67. The molecular formula is C35H34F3N7O3. The first-order chi connectivity index (χ1) is 23.0. The molecule has 2 aliphatic heterocycles. The fourth-order valence-corrected chi connectivity index (χ4v) is 6.82. The van der Waals surface area contributed by atoms with E-state index >= 15 is 0 Å². The third-order valence-electron chi connectivity index (χ3n) is 9.41. The van der Waals surface area contributed by atoms with E-state index in [9.17, 15) is 23.1 Å². The molecule has 4 N–H and O–H groups in total. The zero-order chi connectivity index (χ0) is 33.6. The van der Waals surface area contributed by atoms with Crippen LogP contribution in [0.4, 0.5) is 24.9 Å². The van der Waals surface area contributed by atoms with Gasteiger partial charge in [0.1, 0.15) is 11.9 Å². The van der Waals surface area contributed by atoms with Crippen molar-refractivity contribution in [2.75, 3.05) is 30.3 Å². The number of hydrogen-bond acceptors (Lipinski definition) is 8. The van der Waals surface area contributed by atoms with Gasteiger partial charge in [0.15, 0.2) is 0 Å². The zero-order valence-electron chi connectivity index (χ0n) is 26.1. The molecule has 0 amide bonds. The number of hydrogen-bond donors (Lipinski definition) is 3. The van der Waals surface area contributed by atoms with E-state index in [1.54, 1.807) is 31.3 Å². The molecule has 1 spiro atoms. The Bertz CT molecular complexity index is 1990. The van der Waals surface area contributed by atoms with Crippen LogP contribution in [0.25, 0.3) is 27.6 Å². The maximum atomic E-state index is 14.9. The highest BCUT2D eigenvalue weighted by molar-refractivity contribution is 5.87. The van der Waals surface area contributed by atoms with Gasteiger partial charge < -0.3 is 25.8 Å². The Hall–Kier alpha value is -5.17. The Balaban J connectivity index is 1.20. The molecule has 10 nitrogen and oxygen atoms in total. The molecule has 5 aromatic rings. The van der Waals surface area contributed by atoms with Crippen LogP contribution in [-0.2, 0) is 4.79 Å². The Morgan fingerprint density at radius 3 is 2.44 bits per heavy atom. The van der Waals surface area contributed by atoms with Gasteiger partial charge in [-0.3, -0.25) is 4.79 Å². The number of aryl methyl sites for hydroxylation is 1. The first-order valence-corrected chi connectivity index (χ1v) is 15.7. The summed E-state index contributed by atoms with van der Waals surface area (Å²) in [5.74, 6) is -1.04. The number of fused-ring (bicyclic) bond motifs is 1. The largest absolute Gasteiger partial charge is 0.480 e. The van der Waals surface area contributed by atoms with Gasteiger partial charge in [-0.2, -0.15) is 28.2 Å². The zero-order valence-corrected chi connectivity index (χ0v) is 26.1. The number of benzene rings is 3. The van der Waals surface area contributed by atoms with Crippen molar-refractivity contribution in [2.45, 2.75) is 44.5 Å². The van der Waals surface area contributed by atoms with E-state index in [1.807, 2.05) is 47.4 Å². The van der Waals surface area contributed by atoms with Crippen LogP contribution < -0.4 is 20.7 Å². The van der Waals surface area contributed by atoms with Crippen molar-refractivity contribution in [1.29, 1.82) is 0 Å². The number of anilines is 2. The van der Waals surface area contributed by atoms with E-state index in [0.717, 1.165) is 21.9 Å². The van der Waals surface area contributed by atoms with E-state index < -0.39 is 24.3 Å². The lowest BCUT2D eigenvalue weighted by atomic mass is 9.76. The van der Waals surface area contributed by atoms with Crippen molar-refractivity contribution in [1.82, 2.24) is 25.1 Å². The molecule has 2 aromatic heterocycles. The second-order valence-electron chi connectivity index (χ2n) is 12.7. The van der Waals surface area contributed by atoms with E-state index in [2.05, 4.69) is 20.4 Å². The molecule has 4 heterocycles. The Kier molecular flexibility index (Phi) is 7.94. The molecular weight excluding hydrogens is 623 g/mol. The molecule has 2 atom stereocenters. The van der Waals surface area contributed by atoms with Gasteiger partial charge in [-0.1, -0.05) is 48.5 Å². The number of ether oxygens (including phenoxy) is 1. The Morgan fingerprint density at radius 2 is 1.75 bits per heavy atom. The number of nitrogens with zero attached hydrogens (tertiary/aromatic N) is 5. The predicted molar refractivity (Wildman–Crippen MR) is 175 cm³/mol. The van der Waals surface area contributed by atoms with E-state index in [4.69, 9.17) is 10.5 Å². The summed E-state index contributed by atoms with van der Waals surface area (Å²) in [6.45, 7) is 3.43. The summed E-state index contributed by atoms with van der Waals surface area (Å²) in [6, 6.07) is 21.1. The molecule has 3 aromatic carbocycles. The molecule has 2 fully saturated rings. The lowest BCUT2D eigenvalue weighted by molar-refractivity contribution is -0.198. The number of nitrogens with one attached hydrogen (secondary N) is 1. The molecule has 1 unspecified atom stereocenters. The number of carboxylic acids is 1. The third-order valence-corrected chi connectivity index (χ3v) is 9.41. The first-order valence-electron chi connectivity index (χ1n) is 15.7. The van der Waals surface area contributed by atoms with Gasteiger partial charge in [-0.15, -0.1) is 0 Å². The maximum Gasteiger partial charge on any atom is 0.429 e. The summed E-state index contributed by atoms with van der Waals surface area (Å²) in [5.41, 5.74) is 8.13. The molecule has 2 aliphatic rings. The van der Waals surface area contributed by atoms with Gasteiger partial charge in [0.2, 0.25) is 17.9 Å². The summed E-state index contributed by atoms with van der Waals surface area (Å²) < 4.78 is 51.9. The Morgan fingerprint density at radius 1 is 1.02 bits per heavy atom. The number of aliphatic carboxylic acids is 1. The molecule has 2 saturated heterocycles. The molecule has 0 saturated carbocycles. The van der Waals surface area contributed by atoms with Crippen molar-refractivity contribution < 1.29 is 27.8 Å². The molecule has 13 heteroatoms. The molecule has 0 radical (unpaired) electrons. The average Bonchev–Trinajstić information content (AvgIpc) is 3.69. The number of rotatable bonds is 7. The Labute approximate surface area is 274 Å². The highest BCUT2D eigenvalue weighted by atomic mass is 19.4. The van der Waals surface area contributed by atoms with Crippen LogP contribution in [0.5, 0.6) is 5.88 Å². The summed E-state index contributed by atoms with van der Waals surface area (Å²) in [5, 5.41) is 19.0. The van der Waals surface area contributed by atoms with Crippen LogP contribution in [-0.4, -0.2) is 62.7 Å². The van der Waals surface area contributed by atoms with Crippen molar-refractivity contribution in [3.63, 3.8) is 0 Å². The molecule has 248 valence electrons. The number of carboxylic acid groups (broad SMARTS) is 1. The van der Waals surface area contributed by atoms with Gasteiger partial charge in [-0.25, -0.2) is 4.68 Å². The summed E-state index contributed by atoms with van der Waals surface area (Å²) in [7, 11) is 0. The second-order valence-corrected chi connectivity index (χ2v) is 12.7. The van der Waals surface area contributed by atoms with Crippen molar-refractivity contribution >= 4 is 28.5 Å². The number of piperidine rings is 1. The van der Waals surface area contributed by atoms with Gasteiger partial charge in [0.25, 0.3) is 0 Å². The quantitative estimate of drug-likeness (QED) is 0.190. The first kappa shape index (κ1) is 31.4. The van der Waals surface area contributed by atoms with Crippen molar-refractivity contribution in [3.8, 4) is 22.7 Å². The topological polar surface area (TPSA) is 131 Å². The van der Waals surface area contributed by atoms with Gasteiger partial charge in [-0.05, 0) is 71.7 Å². The highest BCUT2D eigenvalue weighted by Gasteiger charge is 2.46. The SMILES string of the molecule is Cc1ccn(-c2cc(-c3ccc4ccccc4c3)ccc2[C@@H](Oc2cc(N3CCC4(CC3)CNC(C(=O)O)C4)nc(N)n2)C(F)(F)F)n1. The second kappa shape index (κ2) is 12.1. The summed E-state index contributed by atoms with van der Waals surface area (Å²) >= 11 is 0. The molecule has 7 rings (SSSR count). The number of halogens is 3. The van der Waals surface area contributed by atoms with E-state index in [-0.39, 0.29) is 28.5 Å². The number of carbonyl (C=O) groups is 1. The van der Waals surface area contributed by atoms with Crippen LogP contribution >= 0.6 is 0 Å². The van der Waals surface area contributed by atoms with Gasteiger partial charge >= 0.3 is 12.1 Å². The van der Waals surface area contributed by atoms with Crippen molar-refractivity contribution in [2.24, 2.45) is 5.41 Å². The molecule has 48 heavy (non-hydrogen) atoms. The molecule has 0 aliphatic carbocycles. The van der Waals surface area contributed by atoms with Crippen LogP contribution in [0.2, 0.25) is 0 Å². The fourth-order valence-electron chi connectivity index (χ4n) is 6.82. The fraction of sp³-hybridized carbons (Fsp3) is 0.314. The van der Waals surface area contributed by atoms with Gasteiger partial charge in [0.05, 0.1) is 11.4 Å². The third kappa shape index (κ3) is 6.25. The van der Waals surface area contributed by atoms with E-state index in [1.165, 1.54) is 16.8 Å². The smallest absolute Gasteiger partial charge is 0.429 e. The standard InChI is InChI=1S/C35H34F3N7O3/c1-21-10-13-45(43-21)28-17-25(24-7-6-22-4-2-3-5-23(22)16-24)8-9-26(28)31(35(36,37)38)48-30-18-29(41-33(39)42-30)44-14-11-34(12-15-44)19-27(32(46)47)40-20-34/h2-10,13,16-18,27,31,40H,11-12,14-15,19-20H2,1H3,(H,46,47)(H2,39,41,42)/t27?,31-/m1/s1. The monoisotopic (exact) mass is 657 g/mol.